The van der Waals surface area contributed by atoms with Crippen LogP contribution >= 0.6 is 27.3 Å². The van der Waals surface area contributed by atoms with Crippen molar-refractivity contribution in [3.05, 3.63) is 38.7 Å². The number of rotatable bonds is 1. The second-order valence-electron chi connectivity index (χ2n) is 3.20. The number of benzene rings is 1. The van der Waals surface area contributed by atoms with E-state index in [4.69, 9.17) is 4.42 Å². The third kappa shape index (κ3) is 1.60. The molecule has 80 valence electrons. The number of nitrogens with one attached hydrogen (secondary N) is 1. The maximum Gasteiger partial charge on any atom is 0.417 e. The molecule has 1 aromatic carbocycles. The van der Waals surface area contributed by atoms with Crippen molar-refractivity contribution in [2.75, 3.05) is 0 Å². The van der Waals surface area contributed by atoms with E-state index in [1.807, 2.05) is 17.5 Å². The summed E-state index contributed by atoms with van der Waals surface area (Å²) in [6.45, 7) is 0. The van der Waals surface area contributed by atoms with Crippen LogP contribution in [0.5, 0.6) is 0 Å². The van der Waals surface area contributed by atoms with Crippen molar-refractivity contribution in [2.45, 2.75) is 0 Å². The van der Waals surface area contributed by atoms with Crippen LogP contribution in [-0.4, -0.2) is 9.97 Å². The highest BCUT2D eigenvalue weighted by atomic mass is 79.9. The van der Waals surface area contributed by atoms with Gasteiger partial charge in [-0.1, -0.05) is 0 Å². The van der Waals surface area contributed by atoms with Gasteiger partial charge in [-0.15, -0.1) is 11.3 Å². The first-order chi connectivity index (χ1) is 7.72. The Morgan fingerprint density at radius 3 is 3.06 bits per heavy atom. The quantitative estimate of drug-likeness (QED) is 0.751. The number of hydrogen-bond donors (Lipinski definition) is 1. The first-order valence-corrected chi connectivity index (χ1v) is 6.14. The Morgan fingerprint density at radius 2 is 2.31 bits per heavy atom. The lowest BCUT2D eigenvalue weighted by molar-refractivity contribution is 0.555. The Hall–Kier alpha value is -1.40. The third-order valence-corrected chi connectivity index (χ3v) is 3.74. The maximum absolute atomic E-state index is 11.0. The molecule has 2 heterocycles. The number of fused-ring (bicyclic) bond motifs is 1. The molecule has 0 spiro atoms. The highest BCUT2D eigenvalue weighted by molar-refractivity contribution is 9.10. The van der Waals surface area contributed by atoms with E-state index < -0.39 is 5.76 Å². The monoisotopic (exact) mass is 296 g/mol. The standard InChI is InChI=1S/C10H5BrN2O2S/c11-8-4-16-9(13-8)5-1-2-6-7(3-5)15-10(14)12-6/h1-4H,(H,12,14). The van der Waals surface area contributed by atoms with E-state index in [1.54, 1.807) is 6.07 Å². The number of H-pyrrole nitrogens is 1. The first kappa shape index (κ1) is 9.80. The smallest absolute Gasteiger partial charge is 0.408 e. The molecule has 0 saturated carbocycles. The summed E-state index contributed by atoms with van der Waals surface area (Å²) in [6, 6.07) is 5.52. The van der Waals surface area contributed by atoms with Crippen molar-refractivity contribution in [2.24, 2.45) is 0 Å². The number of nitrogens with zero attached hydrogens (tertiary/aromatic N) is 1. The van der Waals surface area contributed by atoms with E-state index >= 15 is 0 Å². The fourth-order valence-electron chi connectivity index (χ4n) is 1.47. The minimum absolute atomic E-state index is 0.438. The summed E-state index contributed by atoms with van der Waals surface area (Å²) < 4.78 is 5.80. The largest absolute Gasteiger partial charge is 0.417 e. The average Bonchev–Trinajstić information content (AvgIpc) is 2.81. The van der Waals surface area contributed by atoms with Crippen LogP contribution in [0.3, 0.4) is 0 Å². The highest BCUT2D eigenvalue weighted by Gasteiger charge is 2.06. The molecule has 0 aliphatic carbocycles. The number of halogens is 1. The van der Waals surface area contributed by atoms with Gasteiger partial charge in [-0.3, -0.25) is 4.98 Å². The molecular weight excluding hydrogens is 292 g/mol. The van der Waals surface area contributed by atoms with Gasteiger partial charge >= 0.3 is 5.76 Å². The molecule has 0 radical (unpaired) electrons. The van der Waals surface area contributed by atoms with Gasteiger partial charge in [-0.2, -0.15) is 0 Å². The zero-order valence-electron chi connectivity index (χ0n) is 7.86. The van der Waals surface area contributed by atoms with E-state index in [9.17, 15) is 4.79 Å². The number of aromatic amines is 1. The molecule has 0 aliphatic rings. The third-order valence-electron chi connectivity index (χ3n) is 2.14. The van der Waals surface area contributed by atoms with Gasteiger partial charge in [0, 0.05) is 10.9 Å². The number of oxazole rings is 1. The molecule has 3 aromatic rings. The van der Waals surface area contributed by atoms with E-state index in [0.717, 1.165) is 15.2 Å². The second kappa shape index (κ2) is 3.57. The number of hydrogen-bond acceptors (Lipinski definition) is 4. The molecule has 1 N–H and O–H groups in total. The molecule has 0 saturated heterocycles. The van der Waals surface area contributed by atoms with Crippen LogP contribution in [0.15, 0.2) is 37.4 Å². The van der Waals surface area contributed by atoms with Gasteiger partial charge in [0.2, 0.25) is 0 Å². The summed E-state index contributed by atoms with van der Waals surface area (Å²) in [5, 5.41) is 2.80. The van der Waals surface area contributed by atoms with Gasteiger partial charge in [0.05, 0.1) is 5.52 Å². The molecule has 0 bridgehead atoms. The SMILES string of the molecule is O=c1[nH]c2ccc(-c3nc(Br)cs3)cc2o1. The van der Waals surface area contributed by atoms with Gasteiger partial charge in [-0.25, -0.2) is 9.78 Å². The Kier molecular flexibility index (Phi) is 2.19. The normalized spacial score (nSPS) is 11.1. The zero-order valence-corrected chi connectivity index (χ0v) is 10.3. The predicted octanol–water partition coefficient (Wildman–Crippen LogP) is 3.01. The predicted molar refractivity (Wildman–Crippen MR) is 65.6 cm³/mol. The van der Waals surface area contributed by atoms with Gasteiger partial charge in [0.15, 0.2) is 5.58 Å². The minimum Gasteiger partial charge on any atom is -0.408 e. The van der Waals surface area contributed by atoms with Crippen LogP contribution in [0.4, 0.5) is 0 Å². The summed E-state index contributed by atoms with van der Waals surface area (Å²) in [4.78, 5) is 17.9. The van der Waals surface area contributed by atoms with Crippen molar-refractivity contribution in [3.63, 3.8) is 0 Å². The van der Waals surface area contributed by atoms with Crippen LogP contribution in [-0.2, 0) is 0 Å². The van der Waals surface area contributed by atoms with Crippen molar-refractivity contribution >= 4 is 38.4 Å². The molecule has 0 fully saturated rings. The van der Waals surface area contributed by atoms with Crippen molar-refractivity contribution in [1.29, 1.82) is 0 Å². The first-order valence-electron chi connectivity index (χ1n) is 4.47. The van der Waals surface area contributed by atoms with E-state index in [0.29, 0.717) is 11.1 Å². The lowest BCUT2D eigenvalue weighted by atomic mass is 10.2. The van der Waals surface area contributed by atoms with E-state index in [2.05, 4.69) is 25.9 Å². The van der Waals surface area contributed by atoms with Crippen LogP contribution in [0.2, 0.25) is 0 Å². The highest BCUT2D eigenvalue weighted by Crippen LogP contribution is 2.27. The minimum atomic E-state index is -0.438. The van der Waals surface area contributed by atoms with Crippen LogP contribution in [0.25, 0.3) is 21.7 Å². The Labute approximate surface area is 102 Å². The van der Waals surface area contributed by atoms with Crippen molar-refractivity contribution in [3.8, 4) is 10.6 Å². The zero-order chi connectivity index (χ0) is 11.1. The molecule has 0 amide bonds. The molecule has 6 heteroatoms. The number of aromatic nitrogens is 2. The summed E-state index contributed by atoms with van der Waals surface area (Å²) in [6.07, 6.45) is 0. The van der Waals surface area contributed by atoms with Crippen LogP contribution in [0, 0.1) is 0 Å². The van der Waals surface area contributed by atoms with Gasteiger partial charge in [0.25, 0.3) is 0 Å². The van der Waals surface area contributed by atoms with Crippen molar-refractivity contribution < 1.29 is 4.42 Å². The summed E-state index contributed by atoms with van der Waals surface area (Å²) >= 11 is 4.83. The Balaban J connectivity index is 2.21. The average molecular weight is 297 g/mol. The molecule has 0 unspecified atom stereocenters. The molecular formula is C10H5BrN2O2S. The summed E-state index contributed by atoms with van der Waals surface area (Å²) in [7, 11) is 0. The fraction of sp³-hybridized carbons (Fsp3) is 0. The van der Waals surface area contributed by atoms with Crippen molar-refractivity contribution in [1.82, 2.24) is 9.97 Å². The van der Waals surface area contributed by atoms with Gasteiger partial charge in [-0.05, 0) is 34.1 Å². The Bertz CT molecular complexity index is 713. The molecule has 4 nitrogen and oxygen atoms in total. The molecule has 3 rings (SSSR count). The number of thiazole rings is 1. The molecule has 0 atom stereocenters. The van der Waals surface area contributed by atoms with E-state index in [1.165, 1.54) is 11.3 Å². The van der Waals surface area contributed by atoms with Crippen LogP contribution in [0.1, 0.15) is 0 Å². The molecule has 2 aromatic heterocycles. The summed E-state index contributed by atoms with van der Waals surface area (Å²) in [5.74, 6) is -0.438. The lowest BCUT2D eigenvalue weighted by Crippen LogP contribution is -1.92. The second-order valence-corrected chi connectivity index (χ2v) is 4.87. The summed E-state index contributed by atoms with van der Waals surface area (Å²) in [5.41, 5.74) is 2.18. The van der Waals surface area contributed by atoms with Crippen LogP contribution < -0.4 is 5.76 Å². The molecule has 16 heavy (non-hydrogen) atoms. The molecule has 0 aliphatic heterocycles. The Morgan fingerprint density at radius 1 is 1.44 bits per heavy atom. The van der Waals surface area contributed by atoms with Gasteiger partial charge < -0.3 is 4.42 Å². The lowest BCUT2D eigenvalue weighted by Gasteiger charge is -1.94. The fourth-order valence-corrected chi connectivity index (χ4v) is 2.72. The van der Waals surface area contributed by atoms with E-state index in [-0.39, 0.29) is 0 Å². The topological polar surface area (TPSA) is 58.9 Å². The maximum atomic E-state index is 11.0. The van der Waals surface area contributed by atoms with Gasteiger partial charge in [0.1, 0.15) is 9.61 Å².